The number of halogens is 2. The van der Waals surface area contributed by atoms with Gasteiger partial charge in [0.1, 0.15) is 5.54 Å². The van der Waals surface area contributed by atoms with Crippen LogP contribution in [0, 0.1) is 5.21 Å². The van der Waals surface area contributed by atoms with Gasteiger partial charge in [-0.1, -0.05) is 23.2 Å². The lowest BCUT2D eigenvalue weighted by Crippen LogP contribution is -2.53. The Balaban J connectivity index is 2.65. The molecule has 0 fully saturated rings. The lowest BCUT2D eigenvalue weighted by Gasteiger charge is -2.33. The van der Waals surface area contributed by atoms with Crippen LogP contribution in [-0.4, -0.2) is 31.9 Å². The van der Waals surface area contributed by atoms with Gasteiger partial charge in [0.15, 0.2) is 5.54 Å². The van der Waals surface area contributed by atoms with Crippen molar-refractivity contribution < 1.29 is 9.95 Å². The molecule has 0 spiro atoms. The van der Waals surface area contributed by atoms with Crippen LogP contribution in [-0.2, 0) is 0 Å². The molecule has 0 amide bonds. The van der Waals surface area contributed by atoms with E-state index >= 15 is 0 Å². The Bertz CT molecular complexity index is 568. The van der Waals surface area contributed by atoms with Gasteiger partial charge in [0.05, 0.1) is 10.6 Å². The van der Waals surface area contributed by atoms with Gasteiger partial charge >= 0.3 is 5.84 Å². The Morgan fingerprint density at radius 3 is 2.21 bits per heavy atom. The molecule has 0 atom stereocenters. The molecule has 1 aromatic rings. The summed E-state index contributed by atoms with van der Waals surface area (Å²) in [4.78, 5) is 0. The van der Waals surface area contributed by atoms with E-state index in [2.05, 4.69) is 0 Å². The molecule has 0 bridgehead atoms. The van der Waals surface area contributed by atoms with Crippen LogP contribution in [0.2, 0.25) is 10.0 Å². The fraction of sp³-hybridized carbons (Fsp3) is 0.462. The molecule has 4 nitrogen and oxygen atoms in total. The zero-order chi connectivity index (χ0) is 14.6. The first kappa shape index (κ1) is 14.4. The highest BCUT2D eigenvalue weighted by Crippen LogP contribution is 2.38. The summed E-state index contributed by atoms with van der Waals surface area (Å²) in [6, 6.07) is 4.81. The predicted octanol–water partition coefficient (Wildman–Crippen LogP) is 3.51. The van der Waals surface area contributed by atoms with E-state index in [1.54, 1.807) is 45.9 Å². The Morgan fingerprint density at radius 1 is 1.21 bits per heavy atom. The molecule has 19 heavy (non-hydrogen) atoms. The highest BCUT2D eigenvalue weighted by Gasteiger charge is 2.59. The molecule has 0 saturated carbocycles. The van der Waals surface area contributed by atoms with E-state index in [-0.39, 0.29) is 5.84 Å². The van der Waals surface area contributed by atoms with Crippen LogP contribution < -0.4 is 0 Å². The van der Waals surface area contributed by atoms with Crippen molar-refractivity contribution in [2.24, 2.45) is 0 Å². The molecule has 0 radical (unpaired) electrons. The summed E-state index contributed by atoms with van der Waals surface area (Å²) in [6.45, 7) is 7.16. The van der Waals surface area contributed by atoms with E-state index < -0.39 is 11.1 Å². The van der Waals surface area contributed by atoms with E-state index in [0.29, 0.717) is 15.6 Å². The molecule has 0 saturated heterocycles. The van der Waals surface area contributed by atoms with E-state index in [9.17, 15) is 10.4 Å². The van der Waals surface area contributed by atoms with Crippen LogP contribution in [0.3, 0.4) is 0 Å². The maximum Gasteiger partial charge on any atom is 0.315 e. The fourth-order valence-electron chi connectivity index (χ4n) is 2.02. The van der Waals surface area contributed by atoms with Crippen molar-refractivity contribution >= 4 is 29.0 Å². The highest BCUT2D eigenvalue weighted by atomic mass is 35.5. The first-order valence-corrected chi connectivity index (χ1v) is 6.65. The zero-order valence-corrected chi connectivity index (χ0v) is 12.7. The molecule has 0 aliphatic carbocycles. The number of nitrogens with zero attached hydrogens (tertiary/aromatic N) is 2. The smallest absolute Gasteiger partial charge is 0.315 e. The molecule has 0 aromatic heterocycles. The van der Waals surface area contributed by atoms with Crippen molar-refractivity contribution in [1.29, 1.82) is 0 Å². The number of hydrogen-bond donors (Lipinski definition) is 1. The monoisotopic (exact) mass is 302 g/mol. The Morgan fingerprint density at radius 2 is 1.79 bits per heavy atom. The summed E-state index contributed by atoms with van der Waals surface area (Å²) in [5, 5.41) is 24.6. The summed E-state index contributed by atoms with van der Waals surface area (Å²) in [6.07, 6.45) is 0. The normalized spacial score (nSPS) is 21.1. The maximum absolute atomic E-state index is 12.5. The van der Waals surface area contributed by atoms with E-state index in [1.165, 1.54) is 0 Å². The van der Waals surface area contributed by atoms with E-state index in [1.807, 2.05) is 0 Å². The second-order valence-corrected chi connectivity index (χ2v) is 6.52. The van der Waals surface area contributed by atoms with Gasteiger partial charge in [0, 0.05) is 5.02 Å². The van der Waals surface area contributed by atoms with Gasteiger partial charge in [-0.05, 0) is 45.9 Å². The lowest BCUT2D eigenvalue weighted by atomic mass is 9.84. The third-order valence-electron chi connectivity index (χ3n) is 4.10. The van der Waals surface area contributed by atoms with Gasteiger partial charge < -0.3 is 5.21 Å². The molecule has 1 aliphatic rings. The third kappa shape index (κ3) is 1.90. The quantitative estimate of drug-likeness (QED) is 0.638. The van der Waals surface area contributed by atoms with Crippen LogP contribution in [0.1, 0.15) is 33.3 Å². The Hall–Kier alpha value is -0.970. The minimum absolute atomic E-state index is 0.136. The van der Waals surface area contributed by atoms with Gasteiger partial charge in [-0.15, -0.1) is 5.06 Å². The topological polar surface area (TPSA) is 49.5 Å². The van der Waals surface area contributed by atoms with Gasteiger partial charge in [-0.25, -0.2) is 5.21 Å². The molecule has 0 unspecified atom stereocenters. The third-order valence-corrected chi connectivity index (χ3v) is 4.65. The van der Waals surface area contributed by atoms with Crippen molar-refractivity contribution in [3.8, 4) is 0 Å². The van der Waals surface area contributed by atoms with Crippen molar-refractivity contribution in [3.63, 3.8) is 0 Å². The van der Waals surface area contributed by atoms with Crippen molar-refractivity contribution in [1.82, 2.24) is 5.06 Å². The molecule has 1 N–H and O–H groups in total. The standard InChI is InChI=1S/C13H16Cl2N2O2/c1-12(2)13(3,4)17(19)11(16(12)18)9-6-5-8(14)7-10(9)15/h5-7,18H,1-4H3. The van der Waals surface area contributed by atoms with Gasteiger partial charge in [0.2, 0.25) is 0 Å². The Kier molecular flexibility index (Phi) is 3.24. The van der Waals surface area contributed by atoms with Crippen LogP contribution in [0.25, 0.3) is 0 Å². The number of amidine groups is 1. The first-order chi connectivity index (χ1) is 8.60. The minimum atomic E-state index is -0.792. The molecule has 6 heteroatoms. The molecular weight excluding hydrogens is 287 g/mol. The molecule has 1 heterocycles. The molecular formula is C13H16Cl2N2O2. The second-order valence-electron chi connectivity index (χ2n) is 5.67. The van der Waals surface area contributed by atoms with Crippen LogP contribution >= 0.6 is 23.2 Å². The van der Waals surface area contributed by atoms with Gasteiger partial charge in [-0.2, -0.15) is 0 Å². The lowest BCUT2D eigenvalue weighted by molar-refractivity contribution is -0.539. The van der Waals surface area contributed by atoms with E-state index in [0.717, 1.165) is 9.80 Å². The summed E-state index contributed by atoms with van der Waals surface area (Å²) in [5.74, 6) is 0.136. The number of rotatable bonds is 1. The molecule has 1 aliphatic heterocycles. The summed E-state index contributed by atoms with van der Waals surface area (Å²) in [5.41, 5.74) is -1.07. The van der Waals surface area contributed by atoms with Crippen molar-refractivity contribution in [2.75, 3.05) is 0 Å². The highest BCUT2D eigenvalue weighted by molar-refractivity contribution is 6.36. The van der Waals surface area contributed by atoms with Crippen LogP contribution in [0.4, 0.5) is 0 Å². The summed E-state index contributed by atoms with van der Waals surface area (Å²) in [7, 11) is 0. The summed E-state index contributed by atoms with van der Waals surface area (Å²) >= 11 is 12.0. The number of hydrogen-bond acceptors (Lipinski definition) is 3. The maximum atomic E-state index is 12.5. The molecule has 104 valence electrons. The average Bonchev–Trinajstić information content (AvgIpc) is 2.40. The minimum Gasteiger partial charge on any atom is -0.714 e. The van der Waals surface area contributed by atoms with Gasteiger partial charge in [-0.3, -0.25) is 4.74 Å². The number of benzene rings is 1. The molecule has 1 aromatic carbocycles. The van der Waals surface area contributed by atoms with Crippen LogP contribution in [0.5, 0.6) is 0 Å². The second kappa shape index (κ2) is 4.27. The predicted molar refractivity (Wildman–Crippen MR) is 76.0 cm³/mol. The summed E-state index contributed by atoms with van der Waals surface area (Å²) < 4.78 is 0.794. The van der Waals surface area contributed by atoms with E-state index in [4.69, 9.17) is 23.2 Å². The SMILES string of the molecule is CC1(C)N(O)C(c2ccc(Cl)cc2Cl)=[N+]([O-])C1(C)C. The van der Waals surface area contributed by atoms with Crippen LogP contribution in [0.15, 0.2) is 18.2 Å². The first-order valence-electron chi connectivity index (χ1n) is 5.89. The van der Waals surface area contributed by atoms with Gasteiger partial charge in [0.25, 0.3) is 0 Å². The fourth-order valence-corrected chi connectivity index (χ4v) is 2.51. The number of hydroxylamine groups is 3. The zero-order valence-electron chi connectivity index (χ0n) is 11.2. The average molecular weight is 303 g/mol. The molecule has 2 rings (SSSR count). The Labute approximate surface area is 122 Å². The largest absolute Gasteiger partial charge is 0.714 e. The van der Waals surface area contributed by atoms with Crippen molar-refractivity contribution in [2.45, 2.75) is 38.8 Å². The van der Waals surface area contributed by atoms with Crippen molar-refractivity contribution in [3.05, 3.63) is 39.0 Å².